The second-order valence-electron chi connectivity index (χ2n) is 4.93. The number of hydrogen-bond acceptors (Lipinski definition) is 3. The molecule has 104 valence electrons. The zero-order valence-corrected chi connectivity index (χ0v) is 11.6. The van der Waals surface area contributed by atoms with Gasteiger partial charge in [-0.05, 0) is 24.6 Å². The van der Waals surface area contributed by atoms with E-state index in [1.165, 1.54) is 6.20 Å². The first-order chi connectivity index (χ1) is 10.2. The molecule has 4 heteroatoms. The molecule has 21 heavy (non-hydrogen) atoms. The highest BCUT2D eigenvalue weighted by molar-refractivity contribution is 6.16. The quantitative estimate of drug-likeness (QED) is 0.544. The van der Waals surface area contributed by atoms with Crippen molar-refractivity contribution in [1.82, 2.24) is 9.61 Å². The summed E-state index contributed by atoms with van der Waals surface area (Å²) in [4.78, 5) is 24.6. The van der Waals surface area contributed by atoms with Gasteiger partial charge in [0.25, 0.3) is 0 Å². The molecule has 1 aromatic carbocycles. The number of carbonyl (C=O) groups excluding carboxylic acids is 2. The molecule has 0 aliphatic carbocycles. The molecule has 0 N–H and O–H groups in total. The van der Waals surface area contributed by atoms with Crippen molar-refractivity contribution in [1.29, 1.82) is 0 Å². The Bertz CT molecular complexity index is 833. The van der Waals surface area contributed by atoms with Crippen LogP contribution in [0, 0.1) is 6.92 Å². The zero-order valence-electron chi connectivity index (χ0n) is 11.6. The number of Topliss-reactive ketones (excluding diaryl/α,β-unsaturated/α-hetero) is 2. The van der Waals surface area contributed by atoms with Crippen LogP contribution in [0.4, 0.5) is 0 Å². The lowest BCUT2D eigenvalue weighted by atomic mass is 9.99. The van der Waals surface area contributed by atoms with Crippen LogP contribution in [-0.4, -0.2) is 21.2 Å². The van der Waals surface area contributed by atoms with Gasteiger partial charge in [0, 0.05) is 11.8 Å². The maximum atomic E-state index is 12.3. The van der Waals surface area contributed by atoms with Crippen molar-refractivity contribution in [2.24, 2.45) is 0 Å². The van der Waals surface area contributed by atoms with E-state index in [0.717, 1.165) is 11.1 Å². The van der Waals surface area contributed by atoms with Crippen LogP contribution in [0.2, 0.25) is 0 Å². The predicted molar refractivity (Wildman–Crippen MR) is 79.6 cm³/mol. The summed E-state index contributed by atoms with van der Waals surface area (Å²) >= 11 is 0. The first-order valence-corrected chi connectivity index (χ1v) is 6.71. The fourth-order valence-corrected chi connectivity index (χ4v) is 2.37. The minimum absolute atomic E-state index is 0.138. The zero-order chi connectivity index (χ0) is 14.8. The van der Waals surface area contributed by atoms with E-state index in [9.17, 15) is 9.59 Å². The van der Waals surface area contributed by atoms with Crippen molar-refractivity contribution in [3.05, 3.63) is 71.5 Å². The molecule has 0 spiro atoms. The smallest absolute Gasteiger partial charge is 0.174 e. The first-order valence-electron chi connectivity index (χ1n) is 6.71. The molecule has 2 aromatic heterocycles. The van der Waals surface area contributed by atoms with Crippen molar-refractivity contribution in [3.8, 4) is 0 Å². The van der Waals surface area contributed by atoms with E-state index in [-0.39, 0.29) is 18.0 Å². The summed E-state index contributed by atoms with van der Waals surface area (Å²) < 4.78 is 1.63. The molecule has 0 fully saturated rings. The fraction of sp³-hybridized carbons (Fsp3) is 0.118. The van der Waals surface area contributed by atoms with Crippen molar-refractivity contribution in [3.63, 3.8) is 0 Å². The average molecular weight is 278 g/mol. The number of ketones is 2. The lowest BCUT2D eigenvalue weighted by Gasteiger charge is -2.03. The second-order valence-corrected chi connectivity index (χ2v) is 4.93. The summed E-state index contributed by atoms with van der Waals surface area (Å²) in [5.41, 5.74) is 2.69. The predicted octanol–water partition coefficient (Wildman–Crippen LogP) is 3.10. The number of fused-ring (bicyclic) bond motifs is 1. The molecule has 3 rings (SSSR count). The van der Waals surface area contributed by atoms with E-state index >= 15 is 0 Å². The molecule has 4 nitrogen and oxygen atoms in total. The summed E-state index contributed by atoms with van der Waals surface area (Å²) in [6, 6.07) is 12.8. The van der Waals surface area contributed by atoms with E-state index in [4.69, 9.17) is 0 Å². The van der Waals surface area contributed by atoms with Crippen LogP contribution >= 0.6 is 0 Å². The first kappa shape index (κ1) is 13.2. The number of benzene rings is 1. The molecular formula is C17H14N2O2. The lowest BCUT2D eigenvalue weighted by Crippen LogP contribution is -2.09. The van der Waals surface area contributed by atoms with Crippen LogP contribution in [0.5, 0.6) is 0 Å². The number of aromatic nitrogens is 2. The minimum Gasteiger partial charge on any atom is -0.294 e. The number of hydrogen-bond donors (Lipinski definition) is 0. The topological polar surface area (TPSA) is 51.4 Å². The SMILES string of the molecule is Cc1ccccc1C(=O)CC(=O)c1cnn2ccccc12. The van der Waals surface area contributed by atoms with Crippen molar-refractivity contribution in [2.45, 2.75) is 13.3 Å². The van der Waals surface area contributed by atoms with E-state index < -0.39 is 0 Å². The Balaban J connectivity index is 1.87. The molecule has 3 aromatic rings. The molecule has 0 radical (unpaired) electrons. The highest BCUT2D eigenvalue weighted by atomic mass is 16.1. The molecule has 0 saturated heterocycles. The third-order valence-electron chi connectivity index (χ3n) is 3.49. The van der Waals surface area contributed by atoms with Crippen LogP contribution in [0.3, 0.4) is 0 Å². The Hall–Kier alpha value is -2.75. The van der Waals surface area contributed by atoms with E-state index in [2.05, 4.69) is 5.10 Å². The minimum atomic E-state index is -0.204. The van der Waals surface area contributed by atoms with Gasteiger partial charge in [0.15, 0.2) is 11.6 Å². The largest absolute Gasteiger partial charge is 0.294 e. The third kappa shape index (κ3) is 2.48. The Morgan fingerprint density at radius 1 is 1.00 bits per heavy atom. The van der Waals surface area contributed by atoms with E-state index in [0.29, 0.717) is 11.1 Å². The Kier molecular flexibility index (Phi) is 3.36. The lowest BCUT2D eigenvalue weighted by molar-refractivity contribution is 0.0895. The van der Waals surface area contributed by atoms with Crippen LogP contribution in [0.1, 0.15) is 32.7 Å². The molecular weight excluding hydrogens is 264 g/mol. The van der Waals surface area contributed by atoms with Crippen LogP contribution in [0.15, 0.2) is 54.9 Å². The Morgan fingerprint density at radius 3 is 2.52 bits per heavy atom. The van der Waals surface area contributed by atoms with Gasteiger partial charge in [-0.25, -0.2) is 4.52 Å². The summed E-state index contributed by atoms with van der Waals surface area (Å²) in [7, 11) is 0. The molecule has 0 saturated carbocycles. The van der Waals surface area contributed by atoms with Crippen molar-refractivity contribution < 1.29 is 9.59 Å². The molecule has 0 amide bonds. The van der Waals surface area contributed by atoms with Gasteiger partial charge in [0.2, 0.25) is 0 Å². The van der Waals surface area contributed by atoms with Crippen LogP contribution in [0.25, 0.3) is 5.52 Å². The molecule has 0 unspecified atom stereocenters. The monoisotopic (exact) mass is 278 g/mol. The van der Waals surface area contributed by atoms with Gasteiger partial charge >= 0.3 is 0 Å². The number of pyridine rings is 1. The number of nitrogens with zero attached hydrogens (tertiary/aromatic N) is 2. The van der Waals surface area contributed by atoms with Crippen molar-refractivity contribution in [2.75, 3.05) is 0 Å². The summed E-state index contributed by atoms with van der Waals surface area (Å²) in [5, 5.41) is 4.12. The van der Waals surface area contributed by atoms with Crippen LogP contribution in [-0.2, 0) is 0 Å². The number of carbonyl (C=O) groups is 2. The maximum absolute atomic E-state index is 12.3. The van der Waals surface area contributed by atoms with Gasteiger partial charge in [-0.3, -0.25) is 9.59 Å². The van der Waals surface area contributed by atoms with Gasteiger partial charge in [-0.15, -0.1) is 0 Å². The van der Waals surface area contributed by atoms with E-state index in [1.807, 2.05) is 37.3 Å². The highest BCUT2D eigenvalue weighted by Gasteiger charge is 2.18. The Labute approximate surface area is 122 Å². The molecule has 2 heterocycles. The average Bonchev–Trinajstić information content (AvgIpc) is 2.91. The van der Waals surface area contributed by atoms with Gasteiger partial charge in [-0.1, -0.05) is 30.3 Å². The molecule has 0 aliphatic rings. The van der Waals surface area contributed by atoms with Gasteiger partial charge in [-0.2, -0.15) is 5.10 Å². The van der Waals surface area contributed by atoms with Crippen molar-refractivity contribution >= 4 is 17.1 Å². The number of aryl methyl sites for hydroxylation is 1. The van der Waals surface area contributed by atoms with Gasteiger partial charge in [0.05, 0.1) is 23.7 Å². The third-order valence-corrected chi connectivity index (χ3v) is 3.49. The number of rotatable bonds is 4. The molecule has 0 bridgehead atoms. The van der Waals surface area contributed by atoms with Crippen LogP contribution < -0.4 is 0 Å². The normalized spacial score (nSPS) is 10.7. The van der Waals surface area contributed by atoms with Gasteiger partial charge < -0.3 is 0 Å². The fourth-order valence-electron chi connectivity index (χ4n) is 2.37. The van der Waals surface area contributed by atoms with Gasteiger partial charge in [0.1, 0.15) is 0 Å². The van der Waals surface area contributed by atoms with E-state index in [1.54, 1.807) is 22.8 Å². The summed E-state index contributed by atoms with van der Waals surface area (Å²) in [5.74, 6) is -0.363. The standard InChI is InChI=1S/C17H14N2O2/c1-12-6-2-3-7-13(12)16(20)10-17(21)14-11-18-19-9-5-4-8-15(14)19/h2-9,11H,10H2,1H3. The maximum Gasteiger partial charge on any atom is 0.174 e. The second kappa shape index (κ2) is 5.32. The molecule has 0 atom stereocenters. The summed E-state index contributed by atoms with van der Waals surface area (Å²) in [6.07, 6.45) is 3.15. The highest BCUT2D eigenvalue weighted by Crippen LogP contribution is 2.15. The Morgan fingerprint density at radius 2 is 1.71 bits per heavy atom. The molecule has 0 aliphatic heterocycles. The summed E-state index contributed by atoms with van der Waals surface area (Å²) in [6.45, 7) is 1.87.